The summed E-state index contributed by atoms with van der Waals surface area (Å²) in [4.78, 5) is 0. The minimum Gasteiger partial charge on any atom is -0.0620 e. The zero-order valence-electron chi connectivity index (χ0n) is 10.8. The van der Waals surface area contributed by atoms with Crippen molar-refractivity contribution < 1.29 is 0 Å². The maximum atomic E-state index is 3.69. The molecule has 0 aliphatic carbocycles. The number of rotatable bonds is 1. The molecule has 0 saturated heterocycles. The fraction of sp³-hybridized carbons (Fsp3) is 0.250. The summed E-state index contributed by atoms with van der Waals surface area (Å²) in [5.41, 5.74) is 8.00. The van der Waals surface area contributed by atoms with Crippen LogP contribution >= 0.6 is 15.9 Å². The minimum atomic E-state index is 1.22. The molecule has 1 heteroatoms. The van der Waals surface area contributed by atoms with Gasteiger partial charge in [0.25, 0.3) is 0 Å². The fourth-order valence-electron chi connectivity index (χ4n) is 2.43. The van der Waals surface area contributed by atoms with Crippen molar-refractivity contribution in [3.63, 3.8) is 0 Å². The Hall–Kier alpha value is -1.08. The van der Waals surface area contributed by atoms with E-state index in [1.807, 2.05) is 0 Å². The number of hydrogen-bond acceptors (Lipinski definition) is 0. The molecule has 0 radical (unpaired) electrons. The number of halogens is 1. The summed E-state index contributed by atoms with van der Waals surface area (Å²) in [6.07, 6.45) is 0. The quantitative estimate of drug-likeness (QED) is 0.664. The van der Waals surface area contributed by atoms with Crippen molar-refractivity contribution in [3.8, 4) is 11.1 Å². The van der Waals surface area contributed by atoms with Gasteiger partial charge < -0.3 is 0 Å². The molecule has 0 amide bonds. The molecular formula is C16H17Br. The van der Waals surface area contributed by atoms with Gasteiger partial charge in [-0.25, -0.2) is 0 Å². The van der Waals surface area contributed by atoms with Gasteiger partial charge in [0.1, 0.15) is 0 Å². The molecule has 0 aliphatic heterocycles. The molecule has 2 aromatic carbocycles. The first-order valence-corrected chi connectivity index (χ1v) is 6.64. The second-order valence-electron chi connectivity index (χ2n) is 4.64. The zero-order valence-corrected chi connectivity index (χ0v) is 12.4. The summed E-state index contributed by atoms with van der Waals surface area (Å²) in [6.45, 7) is 8.69. The first-order chi connectivity index (χ1) is 8.02. The zero-order chi connectivity index (χ0) is 12.6. The van der Waals surface area contributed by atoms with Crippen LogP contribution in [0.15, 0.2) is 34.8 Å². The Labute approximate surface area is 112 Å². The highest BCUT2D eigenvalue weighted by molar-refractivity contribution is 9.10. The lowest BCUT2D eigenvalue weighted by Gasteiger charge is -2.16. The SMILES string of the molecule is Cc1ccccc1-c1c(C)cc(C)c(Br)c1C. The van der Waals surface area contributed by atoms with Crippen LogP contribution in [0, 0.1) is 27.7 Å². The van der Waals surface area contributed by atoms with Gasteiger partial charge in [-0.1, -0.05) is 46.3 Å². The van der Waals surface area contributed by atoms with Gasteiger partial charge in [0.05, 0.1) is 0 Å². The summed E-state index contributed by atoms with van der Waals surface area (Å²) in [7, 11) is 0. The van der Waals surface area contributed by atoms with E-state index in [1.165, 1.54) is 37.9 Å². The molecule has 0 nitrogen and oxygen atoms in total. The van der Waals surface area contributed by atoms with E-state index in [2.05, 4.69) is 74.0 Å². The average Bonchev–Trinajstić information content (AvgIpc) is 2.29. The van der Waals surface area contributed by atoms with E-state index in [9.17, 15) is 0 Å². The molecule has 88 valence electrons. The van der Waals surface area contributed by atoms with E-state index in [4.69, 9.17) is 0 Å². The Morgan fingerprint density at radius 3 is 2.12 bits per heavy atom. The van der Waals surface area contributed by atoms with Gasteiger partial charge in [0.2, 0.25) is 0 Å². The molecule has 0 aliphatic rings. The Morgan fingerprint density at radius 2 is 1.47 bits per heavy atom. The van der Waals surface area contributed by atoms with Gasteiger partial charge in [-0.2, -0.15) is 0 Å². The first-order valence-electron chi connectivity index (χ1n) is 5.84. The molecule has 0 N–H and O–H groups in total. The second kappa shape index (κ2) is 4.66. The Bertz CT molecular complexity index is 568. The second-order valence-corrected chi connectivity index (χ2v) is 5.43. The summed E-state index contributed by atoms with van der Waals surface area (Å²) in [6, 6.07) is 10.8. The topological polar surface area (TPSA) is 0 Å². The third-order valence-electron chi connectivity index (χ3n) is 3.29. The lowest BCUT2D eigenvalue weighted by atomic mass is 9.91. The summed E-state index contributed by atoms with van der Waals surface area (Å²) < 4.78 is 1.22. The lowest BCUT2D eigenvalue weighted by Crippen LogP contribution is -1.94. The molecule has 0 bridgehead atoms. The third-order valence-corrected chi connectivity index (χ3v) is 4.51. The third kappa shape index (κ3) is 2.16. The molecule has 0 heterocycles. The molecule has 2 aromatic rings. The lowest BCUT2D eigenvalue weighted by molar-refractivity contribution is 1.28. The molecule has 0 saturated carbocycles. The van der Waals surface area contributed by atoms with Crippen LogP contribution < -0.4 is 0 Å². The predicted molar refractivity (Wildman–Crippen MR) is 78.5 cm³/mol. The van der Waals surface area contributed by atoms with Crippen molar-refractivity contribution in [2.75, 3.05) is 0 Å². The molecular weight excluding hydrogens is 272 g/mol. The van der Waals surface area contributed by atoms with Gasteiger partial charge in [0, 0.05) is 4.47 Å². The Balaban J connectivity index is 2.77. The summed E-state index contributed by atoms with van der Waals surface area (Å²) in [5, 5.41) is 0. The molecule has 0 spiro atoms. The van der Waals surface area contributed by atoms with Crippen molar-refractivity contribution in [3.05, 3.63) is 57.1 Å². The normalized spacial score (nSPS) is 10.6. The van der Waals surface area contributed by atoms with Gasteiger partial charge in [0.15, 0.2) is 0 Å². The minimum absolute atomic E-state index is 1.22. The van der Waals surface area contributed by atoms with E-state index in [-0.39, 0.29) is 0 Å². The van der Waals surface area contributed by atoms with Crippen molar-refractivity contribution in [2.45, 2.75) is 27.7 Å². The molecule has 17 heavy (non-hydrogen) atoms. The van der Waals surface area contributed by atoms with E-state index in [0.29, 0.717) is 0 Å². The van der Waals surface area contributed by atoms with E-state index in [0.717, 1.165) is 0 Å². The van der Waals surface area contributed by atoms with Crippen molar-refractivity contribution in [2.24, 2.45) is 0 Å². The van der Waals surface area contributed by atoms with Gasteiger partial charge in [-0.15, -0.1) is 0 Å². The number of hydrogen-bond donors (Lipinski definition) is 0. The van der Waals surface area contributed by atoms with Crippen molar-refractivity contribution >= 4 is 15.9 Å². The van der Waals surface area contributed by atoms with Gasteiger partial charge in [-0.05, 0) is 61.1 Å². The molecule has 0 fully saturated rings. The molecule has 0 aromatic heterocycles. The van der Waals surface area contributed by atoms with E-state index < -0.39 is 0 Å². The first kappa shape index (κ1) is 12.4. The molecule has 0 unspecified atom stereocenters. The smallest absolute Gasteiger partial charge is 0.0240 e. The van der Waals surface area contributed by atoms with Crippen LogP contribution in [0.1, 0.15) is 22.3 Å². The number of benzene rings is 2. The van der Waals surface area contributed by atoms with Crippen LogP contribution in [0.3, 0.4) is 0 Å². The maximum Gasteiger partial charge on any atom is 0.0240 e. The van der Waals surface area contributed by atoms with Crippen LogP contribution in [-0.2, 0) is 0 Å². The monoisotopic (exact) mass is 288 g/mol. The van der Waals surface area contributed by atoms with Crippen LogP contribution in [0.25, 0.3) is 11.1 Å². The van der Waals surface area contributed by atoms with E-state index >= 15 is 0 Å². The highest BCUT2D eigenvalue weighted by Gasteiger charge is 2.12. The largest absolute Gasteiger partial charge is 0.0620 e. The Kier molecular flexibility index (Phi) is 3.39. The van der Waals surface area contributed by atoms with Crippen LogP contribution in [0.5, 0.6) is 0 Å². The van der Waals surface area contributed by atoms with Crippen molar-refractivity contribution in [1.29, 1.82) is 0 Å². The summed E-state index contributed by atoms with van der Waals surface area (Å²) >= 11 is 3.69. The van der Waals surface area contributed by atoms with Crippen molar-refractivity contribution in [1.82, 2.24) is 0 Å². The van der Waals surface area contributed by atoms with Gasteiger partial charge >= 0.3 is 0 Å². The van der Waals surface area contributed by atoms with Crippen LogP contribution in [0.2, 0.25) is 0 Å². The van der Waals surface area contributed by atoms with Crippen LogP contribution in [0.4, 0.5) is 0 Å². The highest BCUT2D eigenvalue weighted by Crippen LogP contribution is 2.35. The molecule has 0 atom stereocenters. The Morgan fingerprint density at radius 1 is 0.824 bits per heavy atom. The molecule has 2 rings (SSSR count). The van der Waals surface area contributed by atoms with Gasteiger partial charge in [-0.3, -0.25) is 0 Å². The number of aryl methyl sites for hydroxylation is 3. The van der Waals surface area contributed by atoms with E-state index in [1.54, 1.807) is 0 Å². The standard InChI is InChI=1S/C16H17Br/c1-10-7-5-6-8-14(10)15-11(2)9-12(3)16(17)13(15)4/h5-9H,1-4H3. The maximum absolute atomic E-state index is 3.69. The van der Waals surface area contributed by atoms with Crippen LogP contribution in [-0.4, -0.2) is 0 Å². The average molecular weight is 289 g/mol. The predicted octanol–water partition coefficient (Wildman–Crippen LogP) is 5.35. The fourth-order valence-corrected chi connectivity index (χ4v) is 2.74. The summed E-state index contributed by atoms with van der Waals surface area (Å²) in [5.74, 6) is 0. The highest BCUT2D eigenvalue weighted by atomic mass is 79.9.